The minimum absolute atomic E-state index is 0.642. The first-order chi connectivity index (χ1) is 5.75. The fourth-order valence-corrected chi connectivity index (χ4v) is 1.09. The molecule has 62 valence electrons. The molecule has 0 saturated heterocycles. The van der Waals surface area contributed by atoms with Gasteiger partial charge in [-0.1, -0.05) is 30.3 Å². The van der Waals surface area contributed by atoms with Gasteiger partial charge in [0.05, 0.1) is 11.4 Å². The van der Waals surface area contributed by atoms with Crippen LogP contribution in [0.25, 0.3) is 0 Å². The van der Waals surface area contributed by atoms with Crippen LogP contribution in [0.5, 0.6) is 0 Å². The molecule has 0 spiro atoms. The van der Waals surface area contributed by atoms with Crippen LogP contribution >= 0.6 is 11.6 Å². The van der Waals surface area contributed by atoms with Crippen molar-refractivity contribution < 1.29 is 5.11 Å². The first kappa shape index (κ1) is 9.05. The van der Waals surface area contributed by atoms with Crippen LogP contribution in [0.2, 0.25) is 0 Å². The number of halogens is 1. The van der Waals surface area contributed by atoms with Crippen LogP contribution in [0.1, 0.15) is 10.9 Å². The lowest BCUT2D eigenvalue weighted by molar-refractivity contribution is 0.225. The lowest BCUT2D eigenvalue weighted by Gasteiger charge is -2.09. The van der Waals surface area contributed by atoms with Crippen LogP contribution in [0.4, 0.5) is 0 Å². The first-order valence-corrected chi connectivity index (χ1v) is 3.96. The Bertz CT molecular complexity index is 280. The molecule has 1 N–H and O–H groups in total. The summed E-state index contributed by atoms with van der Waals surface area (Å²) < 4.78 is 0. The van der Waals surface area contributed by atoms with Crippen LogP contribution in [0.3, 0.4) is 0 Å². The molecular weight excluding hydrogens is 174 g/mol. The molecule has 0 aliphatic heterocycles. The molecule has 0 radical (unpaired) electrons. The number of aliphatic hydroxyl groups is 1. The molecule has 0 saturated carbocycles. The van der Waals surface area contributed by atoms with Crippen molar-refractivity contribution in [2.24, 2.45) is 0 Å². The number of hydrogen-bond acceptors (Lipinski definition) is 2. The van der Waals surface area contributed by atoms with Gasteiger partial charge in [-0.25, -0.2) is 0 Å². The third-order valence-corrected chi connectivity index (χ3v) is 2.02. The Hall–Kier alpha value is -1.04. The highest BCUT2D eigenvalue weighted by Gasteiger charge is 2.16. The van der Waals surface area contributed by atoms with E-state index in [1.165, 1.54) is 0 Å². The van der Waals surface area contributed by atoms with Gasteiger partial charge in [-0.15, -0.1) is 11.6 Å². The van der Waals surface area contributed by atoms with Crippen molar-refractivity contribution in [3.63, 3.8) is 0 Å². The van der Waals surface area contributed by atoms with Gasteiger partial charge in [0.25, 0.3) is 0 Å². The maximum absolute atomic E-state index is 9.09. The topological polar surface area (TPSA) is 44.0 Å². The van der Waals surface area contributed by atoms with Crippen molar-refractivity contribution in [1.82, 2.24) is 0 Å². The number of nitriles is 1. The van der Waals surface area contributed by atoms with Crippen LogP contribution in [0, 0.1) is 11.3 Å². The lowest BCUT2D eigenvalue weighted by atomic mass is 10.1. The normalized spacial score (nSPS) is 14.8. The summed E-state index contributed by atoms with van der Waals surface area (Å²) >= 11 is 5.78. The number of alkyl halides is 1. The van der Waals surface area contributed by atoms with Crippen LogP contribution < -0.4 is 0 Å². The first-order valence-electron chi connectivity index (χ1n) is 3.52. The molecule has 2 atom stereocenters. The summed E-state index contributed by atoms with van der Waals surface area (Å²) in [6.07, 6.45) is -1.14. The summed E-state index contributed by atoms with van der Waals surface area (Å²) in [6, 6.07) is 10.7. The minimum Gasteiger partial charge on any atom is -0.376 e. The van der Waals surface area contributed by atoms with Crippen molar-refractivity contribution in [1.29, 1.82) is 5.26 Å². The Morgan fingerprint density at radius 1 is 1.33 bits per heavy atom. The van der Waals surface area contributed by atoms with E-state index in [0.717, 1.165) is 5.56 Å². The summed E-state index contributed by atoms with van der Waals surface area (Å²) in [5.74, 6) is 0. The molecule has 0 aliphatic carbocycles. The number of aliphatic hydroxyl groups excluding tert-OH is 1. The van der Waals surface area contributed by atoms with Gasteiger partial charge < -0.3 is 5.11 Å². The zero-order valence-corrected chi connectivity index (χ0v) is 7.07. The predicted octanol–water partition coefficient (Wildman–Crippen LogP) is 1.85. The van der Waals surface area contributed by atoms with Crippen molar-refractivity contribution in [3.05, 3.63) is 35.9 Å². The van der Waals surface area contributed by atoms with E-state index in [0.29, 0.717) is 0 Å². The van der Waals surface area contributed by atoms with Gasteiger partial charge in [0.2, 0.25) is 0 Å². The van der Waals surface area contributed by atoms with Crippen LogP contribution in [0.15, 0.2) is 30.3 Å². The quantitative estimate of drug-likeness (QED) is 0.559. The van der Waals surface area contributed by atoms with Crippen molar-refractivity contribution in [3.8, 4) is 6.07 Å². The van der Waals surface area contributed by atoms with Gasteiger partial charge in [0, 0.05) is 0 Å². The molecule has 0 amide bonds. The van der Waals surface area contributed by atoms with Gasteiger partial charge in [-0.05, 0) is 5.56 Å². The molecule has 0 bridgehead atoms. The Morgan fingerprint density at radius 3 is 2.42 bits per heavy atom. The average molecular weight is 182 g/mol. The second-order valence-electron chi connectivity index (χ2n) is 2.39. The van der Waals surface area contributed by atoms with Gasteiger partial charge in [-0.2, -0.15) is 5.26 Å². The monoisotopic (exact) mass is 181 g/mol. The molecule has 0 aromatic heterocycles. The highest BCUT2D eigenvalue weighted by molar-refractivity contribution is 6.21. The third-order valence-electron chi connectivity index (χ3n) is 1.53. The molecule has 0 heterocycles. The maximum Gasteiger partial charge on any atom is 0.160 e. The molecule has 0 fully saturated rings. The van der Waals surface area contributed by atoms with Gasteiger partial charge in [-0.3, -0.25) is 0 Å². The summed E-state index contributed by atoms with van der Waals surface area (Å²) in [5.41, 5.74) is 0.758. The minimum atomic E-state index is -1.14. The van der Waals surface area contributed by atoms with Crippen molar-refractivity contribution in [2.45, 2.75) is 11.5 Å². The zero-order valence-electron chi connectivity index (χ0n) is 6.31. The Labute approximate surface area is 76.0 Å². The fourth-order valence-electron chi connectivity index (χ4n) is 0.885. The lowest BCUT2D eigenvalue weighted by Crippen LogP contribution is -2.10. The second kappa shape index (κ2) is 4.10. The SMILES string of the molecule is N#C[C@H](O)[C@@H](Cl)c1ccccc1. The summed E-state index contributed by atoms with van der Waals surface area (Å²) in [6.45, 7) is 0. The molecule has 1 rings (SSSR count). The molecule has 0 unspecified atom stereocenters. The zero-order chi connectivity index (χ0) is 8.97. The summed E-state index contributed by atoms with van der Waals surface area (Å²) in [7, 11) is 0. The fraction of sp³-hybridized carbons (Fsp3) is 0.222. The summed E-state index contributed by atoms with van der Waals surface area (Å²) in [4.78, 5) is 0. The van der Waals surface area contributed by atoms with Gasteiger partial charge >= 0.3 is 0 Å². The average Bonchev–Trinajstić information content (AvgIpc) is 2.17. The second-order valence-corrected chi connectivity index (χ2v) is 2.86. The van der Waals surface area contributed by atoms with Gasteiger partial charge in [0.1, 0.15) is 0 Å². The van der Waals surface area contributed by atoms with E-state index in [2.05, 4.69) is 0 Å². The molecular formula is C9H8ClNO. The molecule has 2 nitrogen and oxygen atoms in total. The Morgan fingerprint density at radius 2 is 1.92 bits per heavy atom. The molecule has 0 aliphatic rings. The highest BCUT2D eigenvalue weighted by atomic mass is 35.5. The molecule has 3 heteroatoms. The van der Waals surface area contributed by atoms with E-state index in [-0.39, 0.29) is 0 Å². The number of nitrogens with zero attached hydrogens (tertiary/aromatic N) is 1. The standard InChI is InChI=1S/C9H8ClNO/c10-9(8(12)6-11)7-4-2-1-3-5-7/h1-5,8-9,12H/t8-,9-/m0/s1. The largest absolute Gasteiger partial charge is 0.376 e. The van der Waals surface area contributed by atoms with Crippen molar-refractivity contribution in [2.75, 3.05) is 0 Å². The van der Waals surface area contributed by atoms with E-state index in [1.54, 1.807) is 18.2 Å². The van der Waals surface area contributed by atoms with Crippen LogP contribution in [-0.2, 0) is 0 Å². The van der Waals surface area contributed by atoms with E-state index in [4.69, 9.17) is 22.0 Å². The van der Waals surface area contributed by atoms with E-state index < -0.39 is 11.5 Å². The van der Waals surface area contributed by atoms with Crippen LogP contribution in [-0.4, -0.2) is 11.2 Å². The Kier molecular flexibility index (Phi) is 3.09. The molecule has 1 aromatic carbocycles. The van der Waals surface area contributed by atoms with Gasteiger partial charge in [0.15, 0.2) is 6.10 Å². The molecule has 12 heavy (non-hydrogen) atoms. The van der Waals surface area contributed by atoms with Crippen molar-refractivity contribution >= 4 is 11.6 Å². The van der Waals surface area contributed by atoms with E-state index >= 15 is 0 Å². The highest BCUT2D eigenvalue weighted by Crippen LogP contribution is 2.23. The number of benzene rings is 1. The predicted molar refractivity (Wildman–Crippen MR) is 46.7 cm³/mol. The maximum atomic E-state index is 9.09. The smallest absolute Gasteiger partial charge is 0.160 e. The molecule has 1 aromatic rings. The summed E-state index contributed by atoms with van der Waals surface area (Å²) in [5, 5.41) is 16.8. The van der Waals surface area contributed by atoms with E-state index in [9.17, 15) is 0 Å². The number of hydrogen-bond donors (Lipinski definition) is 1. The third kappa shape index (κ3) is 1.97. The number of rotatable bonds is 2. The van der Waals surface area contributed by atoms with E-state index in [1.807, 2.05) is 18.2 Å². The Balaban J connectivity index is 2.80.